The van der Waals surface area contributed by atoms with E-state index in [1.807, 2.05) is 0 Å². The van der Waals surface area contributed by atoms with E-state index in [4.69, 9.17) is 11.6 Å². The third-order valence-corrected chi connectivity index (χ3v) is 9.63. The Labute approximate surface area is 206 Å². The monoisotopic (exact) mass is 511 g/mol. The number of benzene rings is 1. The van der Waals surface area contributed by atoms with E-state index in [0.717, 1.165) is 24.3 Å². The zero-order valence-corrected chi connectivity index (χ0v) is 21.6. The molecular weight excluding hydrogens is 478 g/mol. The van der Waals surface area contributed by atoms with Crippen molar-refractivity contribution in [3.8, 4) is 0 Å². The number of halogens is 1. The first-order chi connectivity index (χ1) is 15.9. The minimum atomic E-state index is -3.50. The first kappa shape index (κ1) is 26.2. The van der Waals surface area contributed by atoms with Crippen molar-refractivity contribution in [3.63, 3.8) is 0 Å². The Morgan fingerprint density at radius 3 is 2.45 bits per heavy atom. The molecule has 3 rings (SSSR count). The fraction of sp³-hybridized carbons (Fsp3) is 0.542. The van der Waals surface area contributed by atoms with Gasteiger partial charge in [0, 0.05) is 34.6 Å². The predicted molar refractivity (Wildman–Crippen MR) is 135 cm³/mol. The lowest BCUT2D eigenvalue weighted by Gasteiger charge is -2.31. The molecule has 0 unspecified atom stereocenters. The lowest BCUT2D eigenvalue weighted by atomic mass is 10.1. The molecule has 0 spiro atoms. The lowest BCUT2D eigenvalue weighted by Crippen LogP contribution is -2.44. The summed E-state index contributed by atoms with van der Waals surface area (Å²) in [6.45, 7) is 4.59. The summed E-state index contributed by atoms with van der Waals surface area (Å²) in [6.07, 6.45) is 7.97. The molecule has 182 valence electrons. The number of hydrogen-bond acceptors (Lipinski definition) is 5. The van der Waals surface area contributed by atoms with Gasteiger partial charge in [0.2, 0.25) is 0 Å². The summed E-state index contributed by atoms with van der Waals surface area (Å²) in [6, 6.07) is 10.5. The van der Waals surface area contributed by atoms with Crippen LogP contribution < -0.4 is 10.6 Å². The zero-order chi connectivity index (χ0) is 23.7. The molecule has 2 N–H and O–H groups in total. The Kier molecular flexibility index (Phi) is 10.2. The highest BCUT2D eigenvalue weighted by atomic mass is 35.5. The minimum absolute atomic E-state index is 0.218. The molecule has 0 atom stereocenters. The highest BCUT2D eigenvalue weighted by molar-refractivity contribution is 7.91. The molecule has 1 aliphatic heterocycles. The molecule has 1 amide bonds. The fourth-order valence-electron chi connectivity index (χ4n) is 3.92. The van der Waals surface area contributed by atoms with Crippen molar-refractivity contribution < 1.29 is 13.2 Å². The highest BCUT2D eigenvalue weighted by Gasteiger charge is 2.30. The number of rotatable bonds is 12. The summed E-state index contributed by atoms with van der Waals surface area (Å²) in [5, 5.41) is 6.99. The summed E-state index contributed by atoms with van der Waals surface area (Å²) in [5.74, 6) is -0.218. The smallest absolute Gasteiger partial charge is 0.252 e. The predicted octanol–water partition coefficient (Wildman–Crippen LogP) is 5.04. The van der Waals surface area contributed by atoms with E-state index in [1.165, 1.54) is 43.4 Å². The normalized spacial score (nSPS) is 15.6. The van der Waals surface area contributed by atoms with Crippen LogP contribution in [0.1, 0.15) is 67.1 Å². The van der Waals surface area contributed by atoms with Gasteiger partial charge in [-0.15, -0.1) is 11.3 Å². The van der Waals surface area contributed by atoms with Crippen LogP contribution in [-0.2, 0) is 16.6 Å². The number of nitrogens with zero attached hydrogens (tertiary/aromatic N) is 1. The summed E-state index contributed by atoms with van der Waals surface area (Å²) in [5.41, 5.74) is 0.515. The van der Waals surface area contributed by atoms with E-state index in [-0.39, 0.29) is 12.5 Å². The van der Waals surface area contributed by atoms with Crippen LogP contribution in [0.2, 0.25) is 5.02 Å². The minimum Gasteiger partial charge on any atom is -0.347 e. The van der Waals surface area contributed by atoms with Gasteiger partial charge in [-0.05, 0) is 62.2 Å². The number of carbonyl (C=O) groups is 1. The third-order valence-electron chi connectivity index (χ3n) is 5.93. The Hall–Kier alpha value is -1.45. The van der Waals surface area contributed by atoms with E-state index in [2.05, 4.69) is 17.6 Å². The summed E-state index contributed by atoms with van der Waals surface area (Å²) < 4.78 is 28.1. The number of thiophene rings is 1. The van der Waals surface area contributed by atoms with Crippen molar-refractivity contribution in [1.29, 1.82) is 0 Å². The molecule has 0 bridgehead atoms. The Morgan fingerprint density at radius 1 is 1.06 bits per heavy atom. The van der Waals surface area contributed by atoms with Crippen molar-refractivity contribution in [2.75, 3.05) is 19.6 Å². The number of hydrogen-bond donors (Lipinski definition) is 2. The molecule has 6 nitrogen and oxygen atoms in total. The molecule has 1 aliphatic rings. The first-order valence-electron chi connectivity index (χ1n) is 11.8. The summed E-state index contributed by atoms with van der Waals surface area (Å²) in [4.78, 5) is 13.1. The number of amides is 1. The van der Waals surface area contributed by atoms with Crippen molar-refractivity contribution >= 4 is 38.9 Å². The van der Waals surface area contributed by atoms with Gasteiger partial charge in [0.25, 0.3) is 15.9 Å². The molecule has 0 saturated carbocycles. The first-order valence-corrected chi connectivity index (χ1v) is 14.4. The topological polar surface area (TPSA) is 78.5 Å². The zero-order valence-electron chi connectivity index (χ0n) is 19.2. The number of unbranched alkanes of at least 4 members (excludes halogenated alkanes) is 4. The average Bonchev–Trinajstić information content (AvgIpc) is 3.31. The SMILES string of the molecule is CCCCCCCNC1CCN(S(=O)(=O)c2ccc(CNC(=O)c3ccc(Cl)cc3)s2)CC1. The molecule has 2 heterocycles. The van der Waals surface area contributed by atoms with Crippen LogP contribution in [0, 0.1) is 0 Å². The molecule has 1 aromatic heterocycles. The maximum absolute atomic E-state index is 13.1. The number of piperidine rings is 1. The van der Waals surface area contributed by atoms with Crippen LogP contribution in [0.25, 0.3) is 0 Å². The van der Waals surface area contributed by atoms with Crippen LogP contribution in [-0.4, -0.2) is 44.3 Å². The van der Waals surface area contributed by atoms with E-state index in [0.29, 0.717) is 33.9 Å². The van der Waals surface area contributed by atoms with Crippen LogP contribution in [0.3, 0.4) is 0 Å². The molecule has 9 heteroatoms. The average molecular weight is 512 g/mol. The van der Waals surface area contributed by atoms with Crippen LogP contribution in [0.4, 0.5) is 0 Å². The van der Waals surface area contributed by atoms with Gasteiger partial charge in [-0.1, -0.05) is 44.2 Å². The second kappa shape index (κ2) is 12.9. The van der Waals surface area contributed by atoms with Crippen molar-refractivity contribution in [2.45, 2.75) is 68.7 Å². The maximum atomic E-state index is 13.1. The quantitative estimate of drug-likeness (QED) is 0.391. The van der Waals surface area contributed by atoms with Gasteiger partial charge in [0.1, 0.15) is 4.21 Å². The van der Waals surface area contributed by atoms with E-state index in [9.17, 15) is 13.2 Å². The fourth-order valence-corrected chi connectivity index (χ4v) is 6.97. The molecule has 1 fully saturated rings. The van der Waals surface area contributed by atoms with Gasteiger partial charge in [-0.25, -0.2) is 8.42 Å². The molecule has 1 aromatic carbocycles. The summed E-state index contributed by atoms with van der Waals surface area (Å²) >= 11 is 7.07. The summed E-state index contributed by atoms with van der Waals surface area (Å²) in [7, 11) is -3.50. The second-order valence-electron chi connectivity index (χ2n) is 8.46. The van der Waals surface area contributed by atoms with Crippen molar-refractivity contribution in [3.05, 3.63) is 51.9 Å². The van der Waals surface area contributed by atoms with Crippen LogP contribution in [0.15, 0.2) is 40.6 Å². The lowest BCUT2D eigenvalue weighted by molar-refractivity contribution is 0.0951. The van der Waals surface area contributed by atoms with Gasteiger partial charge in [0.05, 0.1) is 6.54 Å². The number of sulfonamides is 1. The second-order valence-corrected chi connectivity index (χ2v) is 12.2. The molecule has 33 heavy (non-hydrogen) atoms. The van der Waals surface area contributed by atoms with Crippen LogP contribution in [0.5, 0.6) is 0 Å². The number of nitrogens with one attached hydrogen (secondary N) is 2. The van der Waals surface area contributed by atoms with Crippen molar-refractivity contribution in [1.82, 2.24) is 14.9 Å². The standard InChI is InChI=1S/C24H34ClN3O3S2/c1-2-3-4-5-6-15-26-21-13-16-28(17-14-21)33(30,31)23-12-11-22(32-23)18-27-24(29)19-7-9-20(25)10-8-19/h7-12,21,26H,2-6,13-18H2,1H3,(H,27,29). The largest absolute Gasteiger partial charge is 0.347 e. The number of carbonyl (C=O) groups excluding carboxylic acids is 1. The highest BCUT2D eigenvalue weighted by Crippen LogP contribution is 2.27. The Balaban J connectivity index is 1.44. The van der Waals surface area contributed by atoms with Gasteiger partial charge in [0.15, 0.2) is 0 Å². The Bertz CT molecular complexity index is 985. The third kappa shape index (κ3) is 7.79. The van der Waals surface area contributed by atoms with Gasteiger partial charge >= 0.3 is 0 Å². The van der Waals surface area contributed by atoms with Gasteiger partial charge < -0.3 is 10.6 Å². The molecule has 2 aromatic rings. The van der Waals surface area contributed by atoms with Crippen LogP contribution >= 0.6 is 22.9 Å². The van der Waals surface area contributed by atoms with Crippen molar-refractivity contribution in [2.24, 2.45) is 0 Å². The molecule has 0 aliphatic carbocycles. The van der Waals surface area contributed by atoms with E-state index >= 15 is 0 Å². The maximum Gasteiger partial charge on any atom is 0.252 e. The van der Waals surface area contributed by atoms with Gasteiger partial charge in [-0.2, -0.15) is 4.31 Å². The molecule has 0 radical (unpaired) electrons. The Morgan fingerprint density at radius 2 is 1.76 bits per heavy atom. The molecular formula is C24H34ClN3O3S2. The van der Waals surface area contributed by atoms with E-state index in [1.54, 1.807) is 40.7 Å². The molecule has 1 saturated heterocycles. The van der Waals surface area contributed by atoms with E-state index < -0.39 is 10.0 Å². The van der Waals surface area contributed by atoms with Gasteiger partial charge in [-0.3, -0.25) is 4.79 Å².